The maximum absolute atomic E-state index is 13.7. The van der Waals surface area contributed by atoms with E-state index in [2.05, 4.69) is 4.99 Å². The number of fused-ring (bicyclic) bond motifs is 1. The van der Waals surface area contributed by atoms with Crippen molar-refractivity contribution >= 4 is 35.5 Å². The van der Waals surface area contributed by atoms with E-state index in [4.69, 9.17) is 16.2 Å². The fraction of sp³-hybridized carbons (Fsp3) is 0.303. The number of aliphatic imine (C=N–C) groups is 1. The molecule has 1 amide bonds. The molecule has 1 aliphatic carbocycles. The van der Waals surface area contributed by atoms with Gasteiger partial charge in [-0.3, -0.25) is 14.4 Å². The molecule has 0 spiro atoms. The summed E-state index contributed by atoms with van der Waals surface area (Å²) in [6, 6.07) is 21.1. The van der Waals surface area contributed by atoms with Crippen LogP contribution in [0.25, 0.3) is 0 Å². The second-order valence-corrected chi connectivity index (χ2v) is 10.9. The highest BCUT2D eigenvalue weighted by Crippen LogP contribution is 2.36. The minimum absolute atomic E-state index is 0.0216. The van der Waals surface area contributed by atoms with Gasteiger partial charge in [-0.1, -0.05) is 36.4 Å². The van der Waals surface area contributed by atoms with Gasteiger partial charge in [0.05, 0.1) is 24.1 Å². The molecule has 3 aromatic rings. The van der Waals surface area contributed by atoms with E-state index < -0.39 is 23.8 Å². The number of carbonyl (C=O) groups excluding carboxylic acids is 2. The van der Waals surface area contributed by atoms with E-state index in [0.29, 0.717) is 17.0 Å². The van der Waals surface area contributed by atoms with Crippen molar-refractivity contribution in [1.29, 1.82) is 0 Å². The van der Waals surface area contributed by atoms with E-state index >= 15 is 0 Å². The predicted octanol–water partition coefficient (Wildman–Crippen LogP) is 4.22. The Morgan fingerprint density at radius 3 is 2.25 bits per heavy atom. The van der Waals surface area contributed by atoms with Gasteiger partial charge in [0.2, 0.25) is 5.91 Å². The topological polar surface area (TPSA) is 186 Å². The standard InChI is InChI=1S/C33H36N4O7/c34-33(35)36-26-11-9-23(10-12-26)32(43)44-27-13-14-28-24(17-27)7-4-8-25(28)18-29(38)37(19-21-5-2-1-3-6-21)20-22(15-30(39)40)16-31(41)42/h1-3,5-6,9-14,17,22,25H,4,7-8,15-16,18-20H2,(H,39,40)(H,41,42)(H4,34,35,36). The first-order valence-electron chi connectivity index (χ1n) is 14.4. The average molecular weight is 601 g/mol. The lowest BCUT2D eigenvalue weighted by Gasteiger charge is -2.31. The van der Waals surface area contributed by atoms with Crippen molar-refractivity contribution in [2.45, 2.75) is 51.0 Å². The Hall–Kier alpha value is -5.19. The number of nitrogens with zero attached hydrogens (tertiary/aromatic N) is 2. The number of carboxylic acid groups (broad SMARTS) is 2. The molecule has 0 aromatic heterocycles. The van der Waals surface area contributed by atoms with Crippen molar-refractivity contribution in [3.8, 4) is 5.75 Å². The highest BCUT2D eigenvalue weighted by molar-refractivity contribution is 5.91. The SMILES string of the molecule is NC(N)=Nc1ccc(C(=O)Oc2ccc3c(c2)CCCC3CC(=O)N(Cc2ccccc2)CC(CC(=O)O)CC(=O)O)cc1. The quantitative estimate of drug-likeness (QED) is 0.0965. The number of amides is 1. The number of esters is 1. The van der Waals surface area contributed by atoms with Crippen molar-refractivity contribution in [3.63, 3.8) is 0 Å². The summed E-state index contributed by atoms with van der Waals surface area (Å²) in [6.07, 6.45) is 1.89. The van der Waals surface area contributed by atoms with Crippen LogP contribution in [0.4, 0.5) is 5.69 Å². The zero-order valence-corrected chi connectivity index (χ0v) is 24.2. The minimum atomic E-state index is -1.11. The Morgan fingerprint density at radius 1 is 0.932 bits per heavy atom. The summed E-state index contributed by atoms with van der Waals surface area (Å²) >= 11 is 0. The first-order valence-corrected chi connectivity index (χ1v) is 14.4. The number of aryl methyl sites for hydroxylation is 1. The third-order valence-electron chi connectivity index (χ3n) is 7.52. The summed E-state index contributed by atoms with van der Waals surface area (Å²) in [5.74, 6) is -3.42. The van der Waals surface area contributed by atoms with Crippen molar-refractivity contribution in [2.24, 2.45) is 22.4 Å². The van der Waals surface area contributed by atoms with Crippen molar-refractivity contribution in [2.75, 3.05) is 6.54 Å². The second-order valence-electron chi connectivity index (χ2n) is 10.9. The highest BCUT2D eigenvalue weighted by atomic mass is 16.5. The summed E-state index contributed by atoms with van der Waals surface area (Å²) < 4.78 is 5.62. The Balaban J connectivity index is 1.48. The highest BCUT2D eigenvalue weighted by Gasteiger charge is 2.28. The molecule has 4 rings (SSSR count). The zero-order chi connectivity index (χ0) is 31.6. The lowest BCUT2D eigenvalue weighted by atomic mass is 9.80. The van der Waals surface area contributed by atoms with Crippen molar-refractivity contribution < 1.29 is 34.1 Å². The molecule has 1 aliphatic rings. The summed E-state index contributed by atoms with van der Waals surface area (Å²) in [5.41, 5.74) is 14.5. The first-order chi connectivity index (χ1) is 21.1. The molecule has 230 valence electrons. The third-order valence-corrected chi connectivity index (χ3v) is 7.52. The van der Waals surface area contributed by atoms with Crippen LogP contribution in [0.1, 0.15) is 65.1 Å². The van der Waals surface area contributed by atoms with Gasteiger partial charge >= 0.3 is 17.9 Å². The normalized spacial score (nSPS) is 13.9. The fourth-order valence-electron chi connectivity index (χ4n) is 5.56. The molecule has 0 heterocycles. The molecule has 6 N–H and O–H groups in total. The predicted molar refractivity (Wildman–Crippen MR) is 163 cm³/mol. The van der Waals surface area contributed by atoms with Gasteiger partial charge in [0.1, 0.15) is 5.75 Å². The van der Waals surface area contributed by atoms with Gasteiger partial charge in [-0.05, 0) is 84.2 Å². The van der Waals surface area contributed by atoms with Gasteiger partial charge in [-0.25, -0.2) is 9.79 Å². The van der Waals surface area contributed by atoms with Crippen molar-refractivity contribution in [1.82, 2.24) is 4.90 Å². The number of ether oxygens (including phenoxy) is 1. The minimum Gasteiger partial charge on any atom is -0.481 e. The first kappa shape index (κ1) is 31.7. The van der Waals surface area contributed by atoms with Crippen LogP contribution in [0.3, 0.4) is 0 Å². The van der Waals surface area contributed by atoms with E-state index in [9.17, 15) is 29.4 Å². The van der Waals surface area contributed by atoms with Crippen LogP contribution < -0.4 is 16.2 Å². The van der Waals surface area contributed by atoms with Crippen LogP contribution in [0.2, 0.25) is 0 Å². The molecule has 11 nitrogen and oxygen atoms in total. The van der Waals surface area contributed by atoms with Gasteiger partial charge < -0.3 is 31.3 Å². The van der Waals surface area contributed by atoms with E-state index in [0.717, 1.165) is 36.0 Å². The lowest BCUT2D eigenvalue weighted by Crippen LogP contribution is -2.37. The van der Waals surface area contributed by atoms with Crippen LogP contribution in [0.15, 0.2) is 77.8 Å². The molecular weight excluding hydrogens is 564 g/mol. The van der Waals surface area contributed by atoms with Gasteiger partial charge in [0.25, 0.3) is 0 Å². The number of nitrogens with two attached hydrogens (primary N) is 2. The molecule has 1 unspecified atom stereocenters. The van der Waals surface area contributed by atoms with E-state index in [1.54, 1.807) is 35.2 Å². The maximum Gasteiger partial charge on any atom is 0.343 e. The molecular formula is C33H36N4O7. The molecule has 0 bridgehead atoms. The smallest absolute Gasteiger partial charge is 0.343 e. The monoisotopic (exact) mass is 600 g/mol. The lowest BCUT2D eigenvalue weighted by molar-refractivity contribution is -0.143. The van der Waals surface area contributed by atoms with Crippen LogP contribution >= 0.6 is 0 Å². The van der Waals surface area contributed by atoms with E-state index in [1.807, 2.05) is 42.5 Å². The zero-order valence-electron chi connectivity index (χ0n) is 24.2. The number of rotatable bonds is 13. The summed E-state index contributed by atoms with van der Waals surface area (Å²) in [5, 5.41) is 18.7. The molecule has 0 aliphatic heterocycles. The molecule has 1 atom stereocenters. The molecule has 44 heavy (non-hydrogen) atoms. The largest absolute Gasteiger partial charge is 0.481 e. The Bertz CT molecular complexity index is 1500. The number of hydrogen-bond acceptors (Lipinski definition) is 6. The summed E-state index contributed by atoms with van der Waals surface area (Å²) in [6.45, 7) is 0.268. The summed E-state index contributed by atoms with van der Waals surface area (Å²) in [4.78, 5) is 54.9. The molecule has 0 radical (unpaired) electrons. The molecule has 0 saturated carbocycles. The number of benzene rings is 3. The number of carboxylic acids is 2. The number of hydrogen-bond donors (Lipinski definition) is 4. The van der Waals surface area contributed by atoms with Crippen LogP contribution in [-0.4, -0.2) is 51.4 Å². The number of guanidine groups is 1. The Labute approximate surface area is 255 Å². The van der Waals surface area contributed by atoms with E-state index in [1.165, 1.54) is 0 Å². The molecule has 3 aromatic carbocycles. The van der Waals surface area contributed by atoms with Crippen LogP contribution in [0.5, 0.6) is 5.75 Å². The van der Waals surface area contributed by atoms with Gasteiger partial charge in [0, 0.05) is 19.5 Å². The number of carbonyl (C=O) groups is 4. The molecule has 0 saturated heterocycles. The molecule has 11 heteroatoms. The fourth-order valence-corrected chi connectivity index (χ4v) is 5.56. The number of aliphatic carboxylic acids is 2. The van der Waals surface area contributed by atoms with Gasteiger partial charge in [0.15, 0.2) is 5.96 Å². The Kier molecular flexibility index (Phi) is 10.7. The third kappa shape index (κ3) is 9.15. The van der Waals surface area contributed by atoms with Gasteiger partial charge in [-0.2, -0.15) is 0 Å². The second kappa shape index (κ2) is 14.8. The maximum atomic E-state index is 13.7. The molecule has 0 fully saturated rings. The van der Waals surface area contributed by atoms with Gasteiger partial charge in [-0.15, -0.1) is 0 Å². The summed E-state index contributed by atoms with van der Waals surface area (Å²) in [7, 11) is 0. The average Bonchev–Trinajstić information content (AvgIpc) is 2.96. The van der Waals surface area contributed by atoms with Crippen LogP contribution in [0, 0.1) is 5.92 Å². The van der Waals surface area contributed by atoms with E-state index in [-0.39, 0.29) is 50.1 Å². The van der Waals surface area contributed by atoms with Crippen LogP contribution in [-0.2, 0) is 27.3 Å². The van der Waals surface area contributed by atoms with Crippen molar-refractivity contribution in [3.05, 3.63) is 95.1 Å². The Morgan fingerprint density at radius 2 is 1.61 bits per heavy atom.